The fourth-order valence-electron chi connectivity index (χ4n) is 1.56. The van der Waals surface area contributed by atoms with Crippen molar-refractivity contribution >= 4 is 28.9 Å². The summed E-state index contributed by atoms with van der Waals surface area (Å²) in [5, 5.41) is 9.69. The molecule has 96 valence electrons. The van der Waals surface area contributed by atoms with E-state index in [4.69, 9.17) is 38.9 Å². The van der Waals surface area contributed by atoms with Gasteiger partial charge in [-0.15, -0.1) is 0 Å². The Labute approximate surface area is 121 Å². The quantitative estimate of drug-likeness (QED) is 0.869. The molecular weight excluding hydrogens is 283 g/mol. The summed E-state index contributed by atoms with van der Waals surface area (Å²) in [5.41, 5.74) is 7.52. The first-order valence-electron chi connectivity index (χ1n) is 5.47. The molecular formula is C14H10Cl2N2O. The molecule has 0 saturated carbocycles. The third-order valence-electron chi connectivity index (χ3n) is 2.55. The summed E-state index contributed by atoms with van der Waals surface area (Å²) in [6, 6.07) is 12.2. The average Bonchev–Trinajstić information content (AvgIpc) is 2.39. The lowest BCUT2D eigenvalue weighted by molar-refractivity contribution is 0.308. The molecule has 0 aliphatic carbocycles. The highest BCUT2D eigenvalue weighted by atomic mass is 35.5. The number of nitrogens with two attached hydrogens (primary N) is 1. The van der Waals surface area contributed by atoms with E-state index < -0.39 is 0 Å². The van der Waals surface area contributed by atoms with Gasteiger partial charge in [0.15, 0.2) is 5.75 Å². The first-order chi connectivity index (χ1) is 9.11. The van der Waals surface area contributed by atoms with Gasteiger partial charge in [-0.25, -0.2) is 0 Å². The number of hydrogen-bond acceptors (Lipinski definition) is 3. The largest absolute Gasteiger partial charge is 0.485 e. The maximum atomic E-state index is 8.76. The second kappa shape index (κ2) is 5.83. The van der Waals surface area contributed by atoms with E-state index in [-0.39, 0.29) is 6.61 Å². The Morgan fingerprint density at radius 3 is 2.58 bits per heavy atom. The van der Waals surface area contributed by atoms with Crippen molar-refractivity contribution in [1.82, 2.24) is 0 Å². The molecule has 0 bridgehead atoms. The van der Waals surface area contributed by atoms with Gasteiger partial charge in [0, 0.05) is 10.6 Å². The van der Waals surface area contributed by atoms with Crippen molar-refractivity contribution in [3.63, 3.8) is 0 Å². The molecule has 3 nitrogen and oxygen atoms in total. The van der Waals surface area contributed by atoms with Gasteiger partial charge in [-0.05, 0) is 24.3 Å². The fourth-order valence-corrected chi connectivity index (χ4v) is 2.03. The van der Waals surface area contributed by atoms with Crippen LogP contribution in [0.2, 0.25) is 10.0 Å². The van der Waals surface area contributed by atoms with E-state index in [2.05, 4.69) is 0 Å². The van der Waals surface area contributed by atoms with E-state index in [9.17, 15) is 0 Å². The predicted molar refractivity (Wildman–Crippen MR) is 76.4 cm³/mol. The van der Waals surface area contributed by atoms with Crippen molar-refractivity contribution in [3.05, 3.63) is 57.6 Å². The van der Waals surface area contributed by atoms with Crippen LogP contribution in [-0.2, 0) is 6.61 Å². The summed E-state index contributed by atoms with van der Waals surface area (Å²) in [6.45, 7) is 0.235. The van der Waals surface area contributed by atoms with Crippen molar-refractivity contribution in [3.8, 4) is 11.8 Å². The second-order valence-corrected chi connectivity index (χ2v) is 4.68. The van der Waals surface area contributed by atoms with Crippen LogP contribution >= 0.6 is 23.2 Å². The highest BCUT2D eigenvalue weighted by Crippen LogP contribution is 2.31. The number of halogens is 2. The van der Waals surface area contributed by atoms with E-state index in [1.807, 2.05) is 6.07 Å². The van der Waals surface area contributed by atoms with Crippen LogP contribution in [0.1, 0.15) is 11.1 Å². The number of hydrogen-bond donors (Lipinski definition) is 1. The van der Waals surface area contributed by atoms with Gasteiger partial charge >= 0.3 is 0 Å². The van der Waals surface area contributed by atoms with Gasteiger partial charge in [0.25, 0.3) is 0 Å². The minimum absolute atomic E-state index is 0.235. The summed E-state index contributed by atoms with van der Waals surface area (Å²) in [5.74, 6) is 0.435. The zero-order chi connectivity index (χ0) is 13.8. The Morgan fingerprint density at radius 1 is 1.16 bits per heavy atom. The molecule has 5 heteroatoms. The Hall–Kier alpha value is -1.89. The molecule has 0 spiro atoms. The van der Waals surface area contributed by atoms with E-state index in [1.165, 1.54) is 0 Å². The van der Waals surface area contributed by atoms with E-state index in [1.54, 1.807) is 36.4 Å². The van der Waals surface area contributed by atoms with Crippen molar-refractivity contribution in [2.24, 2.45) is 0 Å². The van der Waals surface area contributed by atoms with Gasteiger partial charge in [0.2, 0.25) is 0 Å². The van der Waals surface area contributed by atoms with Crippen molar-refractivity contribution in [2.75, 3.05) is 5.73 Å². The minimum Gasteiger partial charge on any atom is -0.485 e. The Kier molecular flexibility index (Phi) is 4.16. The van der Waals surface area contributed by atoms with Gasteiger partial charge < -0.3 is 10.5 Å². The number of rotatable bonds is 3. The number of anilines is 1. The van der Waals surface area contributed by atoms with Crippen molar-refractivity contribution in [2.45, 2.75) is 6.61 Å². The fraction of sp³-hybridized carbons (Fsp3) is 0.0714. The third-order valence-corrected chi connectivity index (χ3v) is 3.20. The van der Waals surface area contributed by atoms with Crippen LogP contribution in [0.5, 0.6) is 5.75 Å². The zero-order valence-electron chi connectivity index (χ0n) is 9.86. The summed E-state index contributed by atoms with van der Waals surface area (Å²) >= 11 is 12.1. The topological polar surface area (TPSA) is 59.0 Å². The molecule has 0 atom stereocenters. The Balaban J connectivity index is 2.17. The number of ether oxygens (including phenoxy) is 1. The summed E-state index contributed by atoms with van der Waals surface area (Å²) in [6.07, 6.45) is 0. The zero-order valence-corrected chi connectivity index (χ0v) is 11.4. The lowest BCUT2D eigenvalue weighted by atomic mass is 10.1. The third kappa shape index (κ3) is 3.11. The maximum absolute atomic E-state index is 8.76. The molecule has 0 unspecified atom stereocenters. The number of benzene rings is 2. The van der Waals surface area contributed by atoms with Crippen LogP contribution in [0.25, 0.3) is 0 Å². The maximum Gasteiger partial charge on any atom is 0.161 e. The van der Waals surface area contributed by atoms with Crippen LogP contribution in [0.3, 0.4) is 0 Å². The van der Waals surface area contributed by atoms with E-state index >= 15 is 0 Å². The molecule has 19 heavy (non-hydrogen) atoms. The molecule has 2 N–H and O–H groups in total. The smallest absolute Gasteiger partial charge is 0.161 e. The standard InChI is InChI=1S/C14H10Cl2N2O/c15-11-2-1-3-13(18)14(11)19-8-10-5-4-9(7-17)6-12(10)16/h1-6H,8,18H2. The summed E-state index contributed by atoms with van der Waals surface area (Å²) in [7, 11) is 0. The number of nitrogens with zero attached hydrogens (tertiary/aromatic N) is 1. The van der Waals surface area contributed by atoms with Crippen molar-refractivity contribution in [1.29, 1.82) is 5.26 Å². The number of nitriles is 1. The van der Waals surface area contributed by atoms with Gasteiger partial charge in [-0.2, -0.15) is 5.26 Å². The molecule has 2 aromatic carbocycles. The van der Waals surface area contributed by atoms with Gasteiger partial charge in [0.1, 0.15) is 6.61 Å². The molecule has 0 aromatic heterocycles. The predicted octanol–water partition coefficient (Wildman–Crippen LogP) is 4.03. The first-order valence-corrected chi connectivity index (χ1v) is 6.22. The Bertz CT molecular complexity index is 630. The molecule has 2 aromatic rings. The van der Waals surface area contributed by atoms with Gasteiger partial charge in [-0.1, -0.05) is 35.3 Å². The van der Waals surface area contributed by atoms with E-state index in [0.29, 0.717) is 27.0 Å². The molecule has 0 heterocycles. The van der Waals surface area contributed by atoms with Crippen LogP contribution < -0.4 is 10.5 Å². The average molecular weight is 293 g/mol. The lowest BCUT2D eigenvalue weighted by Crippen LogP contribution is -2.00. The number of para-hydroxylation sites is 1. The van der Waals surface area contributed by atoms with Crippen molar-refractivity contribution < 1.29 is 4.74 Å². The lowest BCUT2D eigenvalue weighted by Gasteiger charge is -2.11. The van der Waals surface area contributed by atoms with Crippen LogP contribution in [0.4, 0.5) is 5.69 Å². The molecule has 0 radical (unpaired) electrons. The summed E-state index contributed by atoms with van der Waals surface area (Å²) < 4.78 is 5.58. The monoisotopic (exact) mass is 292 g/mol. The SMILES string of the molecule is N#Cc1ccc(COc2c(N)cccc2Cl)c(Cl)c1. The van der Waals surface area contributed by atoms with Crippen LogP contribution in [-0.4, -0.2) is 0 Å². The molecule has 0 aliphatic heterocycles. The van der Waals surface area contributed by atoms with Crippen LogP contribution in [0, 0.1) is 11.3 Å². The van der Waals surface area contributed by atoms with Gasteiger partial charge in [-0.3, -0.25) is 0 Å². The molecule has 2 rings (SSSR count). The van der Waals surface area contributed by atoms with E-state index in [0.717, 1.165) is 5.56 Å². The van der Waals surface area contributed by atoms with Crippen LogP contribution in [0.15, 0.2) is 36.4 Å². The molecule has 0 fully saturated rings. The van der Waals surface area contributed by atoms with Gasteiger partial charge in [0.05, 0.1) is 22.3 Å². The Morgan fingerprint density at radius 2 is 1.95 bits per heavy atom. The summed E-state index contributed by atoms with van der Waals surface area (Å²) in [4.78, 5) is 0. The molecule has 0 aliphatic rings. The number of nitrogen functional groups attached to an aromatic ring is 1. The molecule has 0 saturated heterocycles. The highest BCUT2D eigenvalue weighted by molar-refractivity contribution is 6.32. The first kappa shape index (κ1) is 13.5. The normalized spacial score (nSPS) is 9.95. The minimum atomic E-state index is 0.235. The highest BCUT2D eigenvalue weighted by Gasteiger charge is 2.08. The second-order valence-electron chi connectivity index (χ2n) is 3.86. The molecule has 0 amide bonds.